The molecule has 1 aromatic heterocycles. The molecule has 3 aromatic rings. The number of nitrogens with one attached hydrogen (secondary N) is 2. The molecular weight excluding hydrogens is 326 g/mol. The first-order valence-corrected chi connectivity index (χ1v) is 9.04. The molecule has 0 aliphatic heterocycles. The average Bonchev–Trinajstić information content (AvgIpc) is 2.55. The molecule has 122 valence electrons. The summed E-state index contributed by atoms with van der Waals surface area (Å²) in [6, 6.07) is 15.8. The van der Waals surface area contributed by atoms with E-state index in [4.69, 9.17) is 0 Å². The molecule has 0 radical (unpaired) electrons. The van der Waals surface area contributed by atoms with Crippen molar-refractivity contribution in [1.29, 1.82) is 0 Å². The number of nitrogens with zero attached hydrogens (tertiary/aromatic N) is 1. The highest BCUT2D eigenvalue weighted by molar-refractivity contribution is 7.92. The van der Waals surface area contributed by atoms with Crippen molar-refractivity contribution in [3.8, 4) is 0 Å². The van der Waals surface area contributed by atoms with Gasteiger partial charge in [0.25, 0.3) is 5.91 Å². The van der Waals surface area contributed by atoms with E-state index in [1.807, 2.05) is 30.3 Å². The lowest BCUT2D eigenvalue weighted by Crippen LogP contribution is -2.14. The number of sulfonamides is 1. The molecule has 24 heavy (non-hydrogen) atoms. The Morgan fingerprint density at radius 3 is 2.33 bits per heavy atom. The predicted octanol–water partition coefficient (Wildman–Crippen LogP) is 2.86. The summed E-state index contributed by atoms with van der Waals surface area (Å²) in [5.74, 6) is -0.323. The van der Waals surface area contributed by atoms with E-state index in [1.165, 1.54) is 0 Å². The number of hydrogen-bond acceptors (Lipinski definition) is 4. The van der Waals surface area contributed by atoms with Crippen molar-refractivity contribution >= 4 is 38.1 Å². The zero-order valence-electron chi connectivity index (χ0n) is 12.9. The fraction of sp³-hybridized carbons (Fsp3) is 0.0588. The molecule has 3 rings (SSSR count). The van der Waals surface area contributed by atoms with Crippen LogP contribution < -0.4 is 10.0 Å². The van der Waals surface area contributed by atoms with Gasteiger partial charge >= 0.3 is 0 Å². The second-order valence-corrected chi connectivity index (χ2v) is 7.03. The number of fused-ring (bicyclic) bond motifs is 1. The molecule has 1 amide bonds. The molecular formula is C17H15N3O3S. The van der Waals surface area contributed by atoms with Crippen LogP contribution >= 0.6 is 0 Å². The highest BCUT2D eigenvalue weighted by Crippen LogP contribution is 2.19. The van der Waals surface area contributed by atoms with Crippen molar-refractivity contribution in [3.05, 3.63) is 66.5 Å². The van der Waals surface area contributed by atoms with Crippen LogP contribution in [0.1, 0.15) is 10.5 Å². The van der Waals surface area contributed by atoms with Gasteiger partial charge in [-0.3, -0.25) is 14.5 Å². The third kappa shape index (κ3) is 3.69. The Kier molecular flexibility index (Phi) is 4.18. The topological polar surface area (TPSA) is 88.2 Å². The van der Waals surface area contributed by atoms with E-state index in [0.717, 1.165) is 17.0 Å². The van der Waals surface area contributed by atoms with Gasteiger partial charge in [0, 0.05) is 23.0 Å². The minimum atomic E-state index is -3.33. The molecule has 0 aliphatic rings. The number of amides is 1. The van der Waals surface area contributed by atoms with Gasteiger partial charge in [-0.05, 0) is 35.7 Å². The summed E-state index contributed by atoms with van der Waals surface area (Å²) < 4.78 is 24.7. The maximum absolute atomic E-state index is 12.5. The number of aromatic nitrogens is 1. The van der Waals surface area contributed by atoms with Gasteiger partial charge in [-0.25, -0.2) is 8.42 Å². The lowest BCUT2D eigenvalue weighted by Gasteiger charge is -2.08. The van der Waals surface area contributed by atoms with Crippen molar-refractivity contribution in [2.24, 2.45) is 0 Å². The van der Waals surface area contributed by atoms with Gasteiger partial charge in [0.1, 0.15) is 5.69 Å². The molecule has 0 atom stereocenters. The molecule has 0 saturated carbocycles. The van der Waals surface area contributed by atoms with Gasteiger partial charge in [-0.2, -0.15) is 0 Å². The Labute approximate surface area is 139 Å². The van der Waals surface area contributed by atoms with Gasteiger partial charge < -0.3 is 5.32 Å². The summed E-state index contributed by atoms with van der Waals surface area (Å²) in [6.07, 6.45) is 2.67. The average molecular weight is 341 g/mol. The Bertz CT molecular complexity index is 994. The molecule has 0 saturated heterocycles. The number of rotatable bonds is 4. The van der Waals surface area contributed by atoms with E-state index in [0.29, 0.717) is 17.1 Å². The normalized spacial score (nSPS) is 11.2. The van der Waals surface area contributed by atoms with Gasteiger partial charge in [-0.1, -0.05) is 24.3 Å². The highest BCUT2D eigenvalue weighted by atomic mass is 32.2. The van der Waals surface area contributed by atoms with Crippen molar-refractivity contribution < 1.29 is 13.2 Å². The number of anilines is 2. The fourth-order valence-corrected chi connectivity index (χ4v) is 2.89. The third-order valence-electron chi connectivity index (χ3n) is 3.33. The first-order valence-electron chi connectivity index (χ1n) is 7.15. The zero-order chi connectivity index (χ0) is 17.2. The molecule has 0 spiro atoms. The second kappa shape index (κ2) is 6.29. The van der Waals surface area contributed by atoms with E-state index < -0.39 is 10.0 Å². The lowest BCUT2D eigenvalue weighted by atomic mass is 10.1. The van der Waals surface area contributed by atoms with Crippen LogP contribution in [0.15, 0.2) is 60.8 Å². The number of hydrogen-bond donors (Lipinski definition) is 2. The Morgan fingerprint density at radius 2 is 1.62 bits per heavy atom. The minimum absolute atomic E-state index is 0.323. The Morgan fingerprint density at radius 1 is 0.958 bits per heavy atom. The third-order valence-corrected chi connectivity index (χ3v) is 3.94. The van der Waals surface area contributed by atoms with Crippen molar-refractivity contribution in [3.63, 3.8) is 0 Å². The standard InChI is InChI=1S/C17H15N3O3S/c1-24(22,23)20-14-8-6-13(7-9-14)19-17(21)16-15-5-3-2-4-12(15)10-11-18-16/h2-11,20H,1H3,(H,19,21). The van der Waals surface area contributed by atoms with E-state index in [-0.39, 0.29) is 5.91 Å². The van der Waals surface area contributed by atoms with E-state index in [1.54, 1.807) is 30.5 Å². The zero-order valence-corrected chi connectivity index (χ0v) is 13.7. The van der Waals surface area contributed by atoms with Gasteiger partial charge in [0.05, 0.1) is 6.26 Å². The number of pyridine rings is 1. The number of carbonyl (C=O) groups is 1. The molecule has 1 heterocycles. The first-order chi connectivity index (χ1) is 11.4. The molecule has 6 nitrogen and oxygen atoms in total. The minimum Gasteiger partial charge on any atom is -0.321 e. The van der Waals surface area contributed by atoms with Crippen LogP contribution in [0.4, 0.5) is 11.4 Å². The van der Waals surface area contributed by atoms with Crippen LogP contribution in [-0.2, 0) is 10.0 Å². The monoisotopic (exact) mass is 341 g/mol. The van der Waals surface area contributed by atoms with Crippen molar-refractivity contribution in [1.82, 2.24) is 4.98 Å². The van der Waals surface area contributed by atoms with Crippen molar-refractivity contribution in [2.45, 2.75) is 0 Å². The predicted molar refractivity (Wildman–Crippen MR) is 94.6 cm³/mol. The molecule has 0 bridgehead atoms. The van der Waals surface area contributed by atoms with Crippen molar-refractivity contribution in [2.75, 3.05) is 16.3 Å². The first kappa shape index (κ1) is 15.9. The lowest BCUT2D eigenvalue weighted by molar-refractivity contribution is 0.102. The summed E-state index contributed by atoms with van der Waals surface area (Å²) in [5, 5.41) is 4.47. The van der Waals surface area contributed by atoms with Crippen LogP contribution in [-0.4, -0.2) is 25.6 Å². The van der Waals surface area contributed by atoms with Crippen LogP contribution in [0.25, 0.3) is 10.8 Å². The van der Waals surface area contributed by atoms with Crippen LogP contribution in [0, 0.1) is 0 Å². The van der Waals surface area contributed by atoms with E-state index in [9.17, 15) is 13.2 Å². The highest BCUT2D eigenvalue weighted by Gasteiger charge is 2.11. The number of carbonyl (C=O) groups excluding carboxylic acids is 1. The molecule has 2 N–H and O–H groups in total. The van der Waals surface area contributed by atoms with Gasteiger partial charge in [0.2, 0.25) is 10.0 Å². The molecule has 0 fully saturated rings. The summed E-state index contributed by atoms with van der Waals surface area (Å²) in [6.45, 7) is 0. The quantitative estimate of drug-likeness (QED) is 0.764. The summed E-state index contributed by atoms with van der Waals surface area (Å²) in [7, 11) is -3.33. The van der Waals surface area contributed by atoms with E-state index in [2.05, 4.69) is 15.0 Å². The smallest absolute Gasteiger partial charge is 0.274 e. The summed E-state index contributed by atoms with van der Waals surface area (Å²) in [5.41, 5.74) is 1.32. The SMILES string of the molecule is CS(=O)(=O)Nc1ccc(NC(=O)c2nccc3ccccc23)cc1. The van der Waals surface area contributed by atoms with Gasteiger partial charge in [-0.15, -0.1) is 0 Å². The van der Waals surface area contributed by atoms with Crippen LogP contribution in [0.5, 0.6) is 0 Å². The van der Waals surface area contributed by atoms with Crippen LogP contribution in [0.3, 0.4) is 0 Å². The van der Waals surface area contributed by atoms with E-state index >= 15 is 0 Å². The fourth-order valence-electron chi connectivity index (χ4n) is 2.33. The molecule has 2 aromatic carbocycles. The Hall–Kier alpha value is -2.93. The summed E-state index contributed by atoms with van der Waals surface area (Å²) in [4.78, 5) is 16.6. The Balaban J connectivity index is 1.82. The molecule has 7 heteroatoms. The number of benzene rings is 2. The second-order valence-electron chi connectivity index (χ2n) is 5.29. The largest absolute Gasteiger partial charge is 0.321 e. The van der Waals surface area contributed by atoms with Crippen LogP contribution in [0.2, 0.25) is 0 Å². The van der Waals surface area contributed by atoms with Gasteiger partial charge in [0.15, 0.2) is 0 Å². The summed E-state index contributed by atoms with van der Waals surface area (Å²) >= 11 is 0. The maximum Gasteiger partial charge on any atom is 0.274 e. The molecule has 0 unspecified atom stereocenters. The maximum atomic E-state index is 12.5. The molecule has 0 aliphatic carbocycles.